The van der Waals surface area contributed by atoms with Crippen LogP contribution in [0.3, 0.4) is 0 Å². The molecule has 0 radical (unpaired) electrons. The van der Waals surface area contributed by atoms with Crippen LogP contribution in [0.4, 0.5) is 0 Å². The molecule has 0 aliphatic carbocycles. The van der Waals surface area contributed by atoms with E-state index in [1.165, 1.54) is 19.2 Å². The van der Waals surface area contributed by atoms with Crippen molar-refractivity contribution in [1.82, 2.24) is 5.32 Å². The van der Waals surface area contributed by atoms with Crippen LogP contribution in [0.5, 0.6) is 11.5 Å². The van der Waals surface area contributed by atoms with Gasteiger partial charge in [0.15, 0.2) is 0 Å². The molecule has 31 heavy (non-hydrogen) atoms. The minimum absolute atomic E-state index is 0.0629. The second kappa shape index (κ2) is 10.6. The number of carbonyl (C=O) groups excluding carboxylic acids is 2. The standard InChI is InChI=1S/C24H22BrNO5/c1-30-24(29)21(26-23(28)20-14-18(25)9-12-22(20)27)13-16-7-10-19(11-8-16)31-15-17-5-3-2-4-6-17/h2-12,14,21,27H,13,15H2,1H3,(H,26,28)/t21-/m0/s1. The third-order valence-corrected chi connectivity index (χ3v) is 5.10. The minimum atomic E-state index is -0.910. The number of carbonyl (C=O) groups is 2. The molecule has 1 atom stereocenters. The number of ether oxygens (including phenoxy) is 2. The number of esters is 1. The van der Waals surface area contributed by atoms with Gasteiger partial charge in [0.05, 0.1) is 12.7 Å². The molecule has 160 valence electrons. The van der Waals surface area contributed by atoms with Crippen molar-refractivity contribution >= 4 is 27.8 Å². The Bertz CT molecular complexity index is 1040. The third kappa shape index (κ3) is 6.33. The molecule has 0 fully saturated rings. The fourth-order valence-corrected chi connectivity index (χ4v) is 3.32. The van der Waals surface area contributed by atoms with E-state index in [1.807, 2.05) is 54.6 Å². The molecule has 0 saturated heterocycles. The first-order valence-electron chi connectivity index (χ1n) is 9.59. The minimum Gasteiger partial charge on any atom is -0.507 e. The number of halogens is 1. The van der Waals surface area contributed by atoms with Crippen molar-refractivity contribution in [3.05, 3.63) is 94.0 Å². The molecule has 0 aliphatic heterocycles. The van der Waals surface area contributed by atoms with Gasteiger partial charge in [-0.05, 0) is 41.5 Å². The molecule has 3 aromatic rings. The van der Waals surface area contributed by atoms with E-state index in [9.17, 15) is 14.7 Å². The monoisotopic (exact) mass is 483 g/mol. The van der Waals surface area contributed by atoms with Crippen LogP contribution in [0.1, 0.15) is 21.5 Å². The molecule has 1 amide bonds. The predicted molar refractivity (Wildman–Crippen MR) is 120 cm³/mol. The van der Waals surface area contributed by atoms with E-state index >= 15 is 0 Å². The van der Waals surface area contributed by atoms with E-state index in [2.05, 4.69) is 21.2 Å². The smallest absolute Gasteiger partial charge is 0.328 e. The fourth-order valence-electron chi connectivity index (χ4n) is 2.96. The normalized spacial score (nSPS) is 11.4. The van der Waals surface area contributed by atoms with Gasteiger partial charge >= 0.3 is 5.97 Å². The Labute approximate surface area is 188 Å². The Morgan fingerprint density at radius 2 is 1.71 bits per heavy atom. The first-order valence-corrected chi connectivity index (χ1v) is 10.4. The Balaban J connectivity index is 1.65. The van der Waals surface area contributed by atoms with Gasteiger partial charge in [0.2, 0.25) is 0 Å². The molecular weight excluding hydrogens is 462 g/mol. The molecule has 0 saturated carbocycles. The molecule has 3 aromatic carbocycles. The molecule has 0 bridgehead atoms. The van der Waals surface area contributed by atoms with Crippen molar-refractivity contribution in [2.45, 2.75) is 19.1 Å². The predicted octanol–water partition coefficient (Wildman–Crippen LogP) is 4.25. The molecule has 3 rings (SSSR count). The number of hydrogen-bond acceptors (Lipinski definition) is 5. The average Bonchev–Trinajstić information content (AvgIpc) is 2.79. The van der Waals surface area contributed by atoms with Crippen LogP contribution in [0.25, 0.3) is 0 Å². The van der Waals surface area contributed by atoms with Crippen LogP contribution in [0.2, 0.25) is 0 Å². The van der Waals surface area contributed by atoms with Crippen LogP contribution in [0.15, 0.2) is 77.3 Å². The van der Waals surface area contributed by atoms with E-state index in [1.54, 1.807) is 6.07 Å². The van der Waals surface area contributed by atoms with Crippen LogP contribution < -0.4 is 10.1 Å². The number of amides is 1. The van der Waals surface area contributed by atoms with Crippen molar-refractivity contribution < 1.29 is 24.2 Å². The van der Waals surface area contributed by atoms with Crippen LogP contribution in [0, 0.1) is 0 Å². The largest absolute Gasteiger partial charge is 0.507 e. The topological polar surface area (TPSA) is 84.9 Å². The van der Waals surface area contributed by atoms with Gasteiger partial charge in [0.25, 0.3) is 5.91 Å². The Morgan fingerprint density at radius 1 is 1.00 bits per heavy atom. The van der Waals surface area contributed by atoms with Gasteiger partial charge in [0.1, 0.15) is 24.1 Å². The van der Waals surface area contributed by atoms with Crippen LogP contribution in [-0.2, 0) is 22.6 Å². The summed E-state index contributed by atoms with van der Waals surface area (Å²) in [5, 5.41) is 12.6. The highest BCUT2D eigenvalue weighted by molar-refractivity contribution is 9.10. The SMILES string of the molecule is COC(=O)[C@H](Cc1ccc(OCc2ccccc2)cc1)NC(=O)c1cc(Br)ccc1O. The zero-order chi connectivity index (χ0) is 22.2. The van der Waals surface area contributed by atoms with E-state index < -0.39 is 17.9 Å². The summed E-state index contributed by atoms with van der Waals surface area (Å²) in [6, 6.07) is 20.7. The third-order valence-electron chi connectivity index (χ3n) is 4.61. The molecule has 0 spiro atoms. The first kappa shape index (κ1) is 22.4. The fraction of sp³-hybridized carbons (Fsp3) is 0.167. The summed E-state index contributed by atoms with van der Waals surface area (Å²) >= 11 is 3.27. The highest BCUT2D eigenvalue weighted by atomic mass is 79.9. The maximum absolute atomic E-state index is 12.6. The van der Waals surface area contributed by atoms with Gasteiger partial charge in [-0.2, -0.15) is 0 Å². The number of phenols is 1. The number of phenolic OH excluding ortho intramolecular Hbond substituents is 1. The van der Waals surface area contributed by atoms with Gasteiger partial charge in [-0.3, -0.25) is 4.79 Å². The van der Waals surface area contributed by atoms with Gasteiger partial charge in [-0.25, -0.2) is 4.79 Å². The summed E-state index contributed by atoms with van der Waals surface area (Å²) in [4.78, 5) is 24.8. The summed E-state index contributed by atoms with van der Waals surface area (Å²) in [6.07, 6.45) is 0.228. The Hall–Kier alpha value is -3.32. The van der Waals surface area contributed by atoms with Gasteiger partial charge in [0, 0.05) is 10.9 Å². The van der Waals surface area contributed by atoms with E-state index in [4.69, 9.17) is 9.47 Å². The Kier molecular flexibility index (Phi) is 7.67. The second-order valence-electron chi connectivity index (χ2n) is 6.83. The summed E-state index contributed by atoms with van der Waals surface area (Å²) in [7, 11) is 1.26. The number of benzene rings is 3. The van der Waals surface area contributed by atoms with Crippen molar-refractivity contribution in [2.75, 3.05) is 7.11 Å². The summed E-state index contributed by atoms with van der Waals surface area (Å²) < 4.78 is 11.2. The lowest BCUT2D eigenvalue weighted by Gasteiger charge is -2.17. The number of aromatic hydroxyl groups is 1. The average molecular weight is 484 g/mol. The van der Waals surface area contributed by atoms with Crippen LogP contribution >= 0.6 is 15.9 Å². The lowest BCUT2D eigenvalue weighted by atomic mass is 10.0. The Morgan fingerprint density at radius 3 is 2.39 bits per heavy atom. The molecule has 7 heteroatoms. The lowest BCUT2D eigenvalue weighted by Crippen LogP contribution is -2.43. The number of rotatable bonds is 8. The molecule has 2 N–H and O–H groups in total. The van der Waals surface area contributed by atoms with Crippen molar-refractivity contribution in [3.63, 3.8) is 0 Å². The maximum atomic E-state index is 12.6. The van der Waals surface area contributed by atoms with E-state index in [0.29, 0.717) is 16.8 Å². The number of methoxy groups -OCH3 is 1. The molecule has 6 nitrogen and oxygen atoms in total. The first-order chi connectivity index (χ1) is 15.0. The molecular formula is C24H22BrNO5. The van der Waals surface area contributed by atoms with Crippen molar-refractivity contribution in [1.29, 1.82) is 0 Å². The number of hydrogen-bond donors (Lipinski definition) is 2. The van der Waals surface area contributed by atoms with Gasteiger partial charge in [-0.15, -0.1) is 0 Å². The molecule has 0 aliphatic rings. The zero-order valence-corrected chi connectivity index (χ0v) is 18.5. The molecule has 0 unspecified atom stereocenters. The van der Waals surface area contributed by atoms with Gasteiger partial charge in [-0.1, -0.05) is 58.4 Å². The zero-order valence-electron chi connectivity index (χ0n) is 16.9. The van der Waals surface area contributed by atoms with Crippen molar-refractivity contribution in [2.24, 2.45) is 0 Å². The second-order valence-corrected chi connectivity index (χ2v) is 7.75. The molecule has 0 aromatic heterocycles. The lowest BCUT2D eigenvalue weighted by molar-refractivity contribution is -0.142. The summed E-state index contributed by atoms with van der Waals surface area (Å²) in [6.45, 7) is 0.456. The molecule has 0 heterocycles. The van der Waals surface area contributed by atoms with E-state index in [0.717, 1.165) is 11.1 Å². The van der Waals surface area contributed by atoms with Crippen LogP contribution in [-0.4, -0.2) is 30.1 Å². The summed E-state index contributed by atoms with van der Waals surface area (Å²) in [5.41, 5.74) is 1.95. The van der Waals surface area contributed by atoms with Crippen molar-refractivity contribution in [3.8, 4) is 11.5 Å². The quantitative estimate of drug-likeness (QED) is 0.467. The maximum Gasteiger partial charge on any atom is 0.328 e. The highest BCUT2D eigenvalue weighted by Crippen LogP contribution is 2.22. The van der Waals surface area contributed by atoms with Gasteiger partial charge < -0.3 is 19.9 Å². The van der Waals surface area contributed by atoms with E-state index in [-0.39, 0.29) is 17.7 Å². The number of nitrogens with one attached hydrogen (secondary N) is 1. The highest BCUT2D eigenvalue weighted by Gasteiger charge is 2.24. The summed E-state index contributed by atoms with van der Waals surface area (Å²) in [5.74, 6) is -0.626.